The van der Waals surface area contributed by atoms with Crippen molar-refractivity contribution in [2.75, 3.05) is 65.5 Å². The Labute approximate surface area is 293 Å². The number of fused-ring (bicyclic) bond motifs is 1. The van der Waals surface area contributed by atoms with Gasteiger partial charge in [0.05, 0.1) is 29.2 Å². The van der Waals surface area contributed by atoms with Crippen molar-refractivity contribution in [1.82, 2.24) is 34.9 Å². The molecule has 5 heterocycles. The molecular formula is C36H38N8O5S. The number of amides is 2. The summed E-state index contributed by atoms with van der Waals surface area (Å²) in [6, 6.07) is 15.1. The minimum absolute atomic E-state index is 0.0256. The van der Waals surface area contributed by atoms with Crippen molar-refractivity contribution in [2.24, 2.45) is 0 Å². The van der Waals surface area contributed by atoms with Crippen LogP contribution in [-0.2, 0) is 19.1 Å². The van der Waals surface area contributed by atoms with Crippen LogP contribution in [-0.4, -0.2) is 113 Å². The van der Waals surface area contributed by atoms with E-state index in [1.165, 1.54) is 0 Å². The summed E-state index contributed by atoms with van der Waals surface area (Å²) in [5, 5.41) is 12.5. The number of nitrogens with one attached hydrogen (secondary N) is 2. The fourth-order valence-electron chi connectivity index (χ4n) is 6.28. The number of H-pyrrole nitrogens is 1. The number of methoxy groups -OCH3 is 2. The van der Waals surface area contributed by atoms with E-state index in [2.05, 4.69) is 36.5 Å². The highest BCUT2D eigenvalue weighted by atomic mass is 32.1. The molecule has 0 radical (unpaired) electrons. The number of hydrogen-bond donors (Lipinski definition) is 2. The van der Waals surface area contributed by atoms with Gasteiger partial charge in [-0.15, -0.1) is 11.3 Å². The van der Waals surface area contributed by atoms with Gasteiger partial charge in [-0.05, 0) is 66.9 Å². The van der Waals surface area contributed by atoms with Crippen LogP contribution in [0.1, 0.15) is 17.8 Å². The van der Waals surface area contributed by atoms with Crippen molar-refractivity contribution < 1.29 is 23.8 Å². The summed E-state index contributed by atoms with van der Waals surface area (Å²) in [6.45, 7) is 3.21. The van der Waals surface area contributed by atoms with Gasteiger partial charge in [0.15, 0.2) is 11.4 Å². The molecule has 2 N–H and O–H groups in total. The Morgan fingerprint density at radius 1 is 1.04 bits per heavy atom. The standard InChI is InChI=1S/C36H38N8O5S/c1-47-18-19-49-27-7-4-24(5-8-27)32-28-20-26(6-9-29(28)41-42-32)40-35(46)36(48-2)12-17-43(23-36)22-31(45)44-15-10-25(11-16-44)34-39-21-30(50-34)33-37-13-3-14-38-33/h3-10,13-14,20-21H,11-12,15-19,22-23H2,1-2H3,(H,40,46)(H,41,42)/t36-/m0/s1. The number of carbonyl (C=O) groups is 2. The summed E-state index contributed by atoms with van der Waals surface area (Å²) in [5.41, 5.74) is 3.22. The topological polar surface area (TPSA) is 148 Å². The minimum Gasteiger partial charge on any atom is -0.491 e. The van der Waals surface area contributed by atoms with E-state index in [9.17, 15) is 9.59 Å². The van der Waals surface area contributed by atoms with Crippen molar-refractivity contribution in [3.8, 4) is 27.7 Å². The van der Waals surface area contributed by atoms with Crippen LogP contribution in [0, 0.1) is 0 Å². The fraction of sp³-hybridized carbons (Fsp3) is 0.333. The Balaban J connectivity index is 0.953. The molecule has 1 saturated heterocycles. The number of likely N-dealkylation sites (tertiary alicyclic amines) is 1. The normalized spacial score (nSPS) is 18.0. The molecule has 14 heteroatoms. The van der Waals surface area contributed by atoms with Crippen LogP contribution in [0.2, 0.25) is 0 Å². The second-order valence-corrected chi connectivity index (χ2v) is 13.3. The molecule has 0 aliphatic carbocycles. The van der Waals surface area contributed by atoms with Crippen LogP contribution in [0.15, 0.2) is 73.2 Å². The number of ether oxygens (including phenoxy) is 3. The number of thiazole rings is 1. The molecule has 0 unspecified atom stereocenters. The molecule has 0 saturated carbocycles. The number of nitrogens with zero attached hydrogens (tertiary/aromatic N) is 6. The molecule has 2 aliphatic rings. The third-order valence-electron chi connectivity index (χ3n) is 9.11. The van der Waals surface area contributed by atoms with Gasteiger partial charge in [-0.2, -0.15) is 5.10 Å². The van der Waals surface area contributed by atoms with Gasteiger partial charge in [0.2, 0.25) is 5.91 Å². The van der Waals surface area contributed by atoms with Crippen molar-refractivity contribution in [1.29, 1.82) is 0 Å². The molecule has 2 aromatic carbocycles. The molecule has 2 aliphatic heterocycles. The van der Waals surface area contributed by atoms with Gasteiger partial charge in [-0.25, -0.2) is 15.0 Å². The Hall–Kier alpha value is -5.02. The average molecular weight is 695 g/mol. The van der Waals surface area contributed by atoms with E-state index in [0.717, 1.165) is 49.8 Å². The zero-order valence-electron chi connectivity index (χ0n) is 27.9. The third-order valence-corrected chi connectivity index (χ3v) is 10.2. The first-order chi connectivity index (χ1) is 24.4. The Morgan fingerprint density at radius 3 is 2.64 bits per heavy atom. The lowest BCUT2D eigenvalue weighted by Gasteiger charge is -2.29. The highest BCUT2D eigenvalue weighted by molar-refractivity contribution is 7.16. The van der Waals surface area contributed by atoms with Gasteiger partial charge in [0.1, 0.15) is 17.4 Å². The molecule has 0 bridgehead atoms. The van der Waals surface area contributed by atoms with Crippen LogP contribution in [0.3, 0.4) is 0 Å². The first-order valence-corrected chi connectivity index (χ1v) is 17.3. The molecule has 7 rings (SSSR count). The van der Waals surface area contributed by atoms with E-state index in [4.69, 9.17) is 14.2 Å². The number of rotatable bonds is 12. The Bertz CT molecular complexity index is 2000. The molecule has 50 heavy (non-hydrogen) atoms. The second kappa shape index (κ2) is 14.8. The van der Waals surface area contributed by atoms with Gasteiger partial charge in [-0.1, -0.05) is 6.08 Å². The lowest BCUT2D eigenvalue weighted by atomic mass is 10.0. The van der Waals surface area contributed by atoms with E-state index < -0.39 is 5.60 Å². The lowest BCUT2D eigenvalue weighted by Crippen LogP contribution is -2.48. The van der Waals surface area contributed by atoms with Crippen LogP contribution in [0.5, 0.6) is 5.75 Å². The highest BCUT2D eigenvalue weighted by Crippen LogP contribution is 2.33. The molecular weight excluding hydrogens is 657 g/mol. The predicted molar refractivity (Wildman–Crippen MR) is 191 cm³/mol. The number of hydrogen-bond acceptors (Lipinski definition) is 11. The number of benzene rings is 2. The summed E-state index contributed by atoms with van der Waals surface area (Å²) in [4.78, 5) is 45.0. The zero-order valence-corrected chi connectivity index (χ0v) is 28.7. The average Bonchev–Trinajstić information content (AvgIpc) is 3.92. The SMILES string of the molecule is COCCOc1ccc(-c2n[nH]c3ccc(NC(=O)[C@]4(OC)CCN(CC(=O)N5CC=C(c6ncc(-c7ncccn7)s6)CC5)C4)cc23)cc1. The summed E-state index contributed by atoms with van der Waals surface area (Å²) in [6.07, 6.45) is 8.50. The largest absolute Gasteiger partial charge is 0.491 e. The smallest absolute Gasteiger partial charge is 0.258 e. The Kier molecular flexibility index (Phi) is 9.94. The van der Waals surface area contributed by atoms with Crippen LogP contribution >= 0.6 is 11.3 Å². The second-order valence-electron chi connectivity index (χ2n) is 12.2. The number of aromatic nitrogens is 5. The first-order valence-electron chi connectivity index (χ1n) is 16.4. The van der Waals surface area contributed by atoms with Gasteiger partial charge >= 0.3 is 0 Å². The summed E-state index contributed by atoms with van der Waals surface area (Å²) >= 11 is 1.56. The third kappa shape index (κ3) is 7.14. The molecule has 2 amide bonds. The molecule has 5 aromatic rings. The van der Waals surface area contributed by atoms with Gasteiger partial charge < -0.3 is 24.4 Å². The monoisotopic (exact) mass is 694 g/mol. The van der Waals surface area contributed by atoms with Gasteiger partial charge in [0, 0.05) is 75.6 Å². The first kappa shape index (κ1) is 33.5. The predicted octanol–water partition coefficient (Wildman–Crippen LogP) is 4.51. The van der Waals surface area contributed by atoms with Crippen LogP contribution < -0.4 is 10.1 Å². The molecule has 1 fully saturated rings. The molecule has 13 nitrogen and oxygen atoms in total. The quantitative estimate of drug-likeness (QED) is 0.179. The zero-order chi connectivity index (χ0) is 34.5. The summed E-state index contributed by atoms with van der Waals surface area (Å²) in [5.74, 6) is 1.19. The highest BCUT2D eigenvalue weighted by Gasteiger charge is 2.45. The van der Waals surface area contributed by atoms with Crippen molar-refractivity contribution in [2.45, 2.75) is 18.4 Å². The minimum atomic E-state index is -1.08. The molecule has 258 valence electrons. The number of carbonyl (C=O) groups excluding carboxylic acids is 2. The van der Waals surface area contributed by atoms with Crippen LogP contribution in [0.4, 0.5) is 5.69 Å². The summed E-state index contributed by atoms with van der Waals surface area (Å²) < 4.78 is 16.6. The summed E-state index contributed by atoms with van der Waals surface area (Å²) in [7, 11) is 3.19. The van der Waals surface area contributed by atoms with Gasteiger partial charge in [-0.3, -0.25) is 19.6 Å². The maximum Gasteiger partial charge on any atom is 0.258 e. The number of anilines is 1. The van der Waals surface area contributed by atoms with E-state index >= 15 is 0 Å². The fourth-order valence-corrected chi connectivity index (χ4v) is 7.21. The maximum atomic E-state index is 13.7. The van der Waals surface area contributed by atoms with E-state index in [1.807, 2.05) is 52.3 Å². The molecule has 3 aromatic heterocycles. The van der Waals surface area contributed by atoms with Crippen LogP contribution in [0.25, 0.3) is 38.4 Å². The maximum absolute atomic E-state index is 13.7. The number of aromatic amines is 1. The van der Waals surface area contributed by atoms with Crippen molar-refractivity contribution >= 4 is 45.3 Å². The Morgan fingerprint density at radius 2 is 1.88 bits per heavy atom. The van der Waals surface area contributed by atoms with E-state index in [1.54, 1.807) is 50.2 Å². The van der Waals surface area contributed by atoms with E-state index in [-0.39, 0.29) is 18.4 Å². The van der Waals surface area contributed by atoms with Gasteiger partial charge in [0.25, 0.3) is 5.91 Å². The molecule has 1 atom stereocenters. The van der Waals surface area contributed by atoms with E-state index in [0.29, 0.717) is 57.3 Å². The van der Waals surface area contributed by atoms with Crippen molar-refractivity contribution in [3.63, 3.8) is 0 Å². The molecule has 0 spiro atoms. The lowest BCUT2D eigenvalue weighted by molar-refractivity contribution is -0.138. The van der Waals surface area contributed by atoms with Crippen molar-refractivity contribution in [3.05, 3.63) is 78.2 Å².